The van der Waals surface area contributed by atoms with Crippen LogP contribution in [0.25, 0.3) is 0 Å². The molecule has 0 aromatic heterocycles. The van der Waals surface area contributed by atoms with Crippen LogP contribution in [0.5, 0.6) is 0 Å². The standard InChI is InChI=1S/C11H19IO3/c1-6(2)11-9(12)5-10(7(3)14-11)15-8(4)13/h6-7,9-11H,5H2,1-4H3/t7-,9+,10+,11?/m0/s1. The van der Waals surface area contributed by atoms with Gasteiger partial charge in [-0.25, -0.2) is 0 Å². The highest BCUT2D eigenvalue weighted by atomic mass is 127. The van der Waals surface area contributed by atoms with Crippen LogP contribution in [0, 0.1) is 5.92 Å². The van der Waals surface area contributed by atoms with Gasteiger partial charge < -0.3 is 9.47 Å². The summed E-state index contributed by atoms with van der Waals surface area (Å²) >= 11 is 2.39. The Labute approximate surface area is 105 Å². The van der Waals surface area contributed by atoms with Crippen LogP contribution in [0.1, 0.15) is 34.1 Å². The summed E-state index contributed by atoms with van der Waals surface area (Å²) in [6.07, 6.45) is 1.09. The lowest BCUT2D eigenvalue weighted by molar-refractivity contribution is -0.168. The first kappa shape index (κ1) is 13.2. The highest BCUT2D eigenvalue weighted by molar-refractivity contribution is 14.1. The summed E-state index contributed by atoms with van der Waals surface area (Å²) in [4.78, 5) is 10.9. The van der Waals surface area contributed by atoms with Gasteiger partial charge in [-0.05, 0) is 12.8 Å². The smallest absolute Gasteiger partial charge is 0.302 e. The molecule has 88 valence electrons. The number of hydrogen-bond donors (Lipinski definition) is 0. The average molecular weight is 326 g/mol. The molecule has 0 amide bonds. The summed E-state index contributed by atoms with van der Waals surface area (Å²) in [5.41, 5.74) is 0. The van der Waals surface area contributed by atoms with Gasteiger partial charge in [-0.3, -0.25) is 4.79 Å². The van der Waals surface area contributed by atoms with Crippen molar-refractivity contribution in [2.24, 2.45) is 5.92 Å². The van der Waals surface area contributed by atoms with E-state index in [9.17, 15) is 4.79 Å². The van der Waals surface area contributed by atoms with Crippen molar-refractivity contribution in [1.29, 1.82) is 0 Å². The van der Waals surface area contributed by atoms with Crippen molar-refractivity contribution >= 4 is 28.6 Å². The molecule has 0 N–H and O–H groups in total. The largest absolute Gasteiger partial charge is 0.460 e. The van der Waals surface area contributed by atoms with Gasteiger partial charge in [-0.15, -0.1) is 0 Å². The third kappa shape index (κ3) is 3.59. The van der Waals surface area contributed by atoms with Crippen molar-refractivity contribution < 1.29 is 14.3 Å². The fourth-order valence-electron chi connectivity index (χ4n) is 1.90. The third-order valence-corrected chi connectivity index (χ3v) is 3.90. The zero-order chi connectivity index (χ0) is 11.6. The van der Waals surface area contributed by atoms with Crippen molar-refractivity contribution in [3.8, 4) is 0 Å². The van der Waals surface area contributed by atoms with Gasteiger partial charge in [-0.1, -0.05) is 36.4 Å². The van der Waals surface area contributed by atoms with Crippen LogP contribution in [0.2, 0.25) is 0 Å². The molecule has 4 heteroatoms. The Morgan fingerprint density at radius 2 is 2.13 bits per heavy atom. The van der Waals surface area contributed by atoms with Gasteiger partial charge in [0, 0.05) is 17.3 Å². The second-order valence-electron chi connectivity index (χ2n) is 4.45. The van der Waals surface area contributed by atoms with Gasteiger partial charge in [0.1, 0.15) is 6.10 Å². The number of carbonyl (C=O) groups is 1. The van der Waals surface area contributed by atoms with Crippen LogP contribution in [0.15, 0.2) is 0 Å². The van der Waals surface area contributed by atoms with Crippen molar-refractivity contribution in [3.63, 3.8) is 0 Å². The van der Waals surface area contributed by atoms with Crippen molar-refractivity contribution in [3.05, 3.63) is 0 Å². The SMILES string of the molecule is CC(=O)O[C@@H]1C[C@@H](I)C(C(C)C)O[C@H]1C. The molecule has 1 unspecified atom stereocenters. The molecule has 0 bridgehead atoms. The van der Waals surface area contributed by atoms with E-state index in [-0.39, 0.29) is 24.3 Å². The second kappa shape index (κ2) is 5.48. The summed E-state index contributed by atoms with van der Waals surface area (Å²) in [6.45, 7) is 7.75. The molecule has 4 atom stereocenters. The molecule has 1 rings (SSSR count). The second-order valence-corrected chi connectivity index (χ2v) is 6.05. The minimum Gasteiger partial charge on any atom is -0.460 e. The number of alkyl halides is 1. The maximum absolute atomic E-state index is 10.9. The predicted octanol–water partition coefficient (Wildman–Crippen LogP) is 2.56. The lowest BCUT2D eigenvalue weighted by atomic mass is 9.95. The highest BCUT2D eigenvalue weighted by Gasteiger charge is 2.37. The van der Waals surface area contributed by atoms with E-state index in [0.717, 1.165) is 6.42 Å². The molecule has 0 spiro atoms. The molecule has 1 heterocycles. The average Bonchev–Trinajstić information content (AvgIpc) is 2.09. The molecule has 0 radical (unpaired) electrons. The minimum atomic E-state index is -0.220. The highest BCUT2D eigenvalue weighted by Crippen LogP contribution is 2.31. The van der Waals surface area contributed by atoms with Crippen LogP contribution < -0.4 is 0 Å². The quantitative estimate of drug-likeness (QED) is 0.444. The maximum Gasteiger partial charge on any atom is 0.302 e. The maximum atomic E-state index is 10.9. The number of hydrogen-bond acceptors (Lipinski definition) is 3. The number of esters is 1. The number of halogens is 1. The van der Waals surface area contributed by atoms with Gasteiger partial charge in [0.05, 0.1) is 12.2 Å². The third-order valence-electron chi connectivity index (χ3n) is 2.68. The Hall–Kier alpha value is 0.160. The van der Waals surface area contributed by atoms with Crippen molar-refractivity contribution in [2.75, 3.05) is 0 Å². The van der Waals surface area contributed by atoms with Gasteiger partial charge >= 0.3 is 5.97 Å². The summed E-state index contributed by atoms with van der Waals surface area (Å²) in [5, 5.41) is 0. The van der Waals surface area contributed by atoms with E-state index in [1.54, 1.807) is 0 Å². The van der Waals surface area contributed by atoms with Crippen LogP contribution in [-0.4, -0.2) is 28.2 Å². The Morgan fingerprint density at radius 1 is 1.53 bits per heavy atom. The normalized spacial score (nSPS) is 36.7. The van der Waals surface area contributed by atoms with E-state index in [4.69, 9.17) is 9.47 Å². The molecule has 0 aromatic carbocycles. The molecular weight excluding hydrogens is 307 g/mol. The Kier molecular flexibility index (Phi) is 4.83. The fraction of sp³-hybridized carbons (Fsp3) is 0.909. The molecule has 15 heavy (non-hydrogen) atoms. The topological polar surface area (TPSA) is 35.5 Å². The molecule has 0 aromatic rings. The Balaban J connectivity index is 2.58. The van der Waals surface area contributed by atoms with E-state index in [1.165, 1.54) is 6.92 Å². The van der Waals surface area contributed by atoms with E-state index >= 15 is 0 Å². The molecule has 1 saturated heterocycles. The zero-order valence-electron chi connectivity index (χ0n) is 9.70. The van der Waals surface area contributed by atoms with Crippen molar-refractivity contribution in [2.45, 2.75) is 56.4 Å². The molecular formula is C11H19IO3. The lowest BCUT2D eigenvalue weighted by Gasteiger charge is -2.39. The van der Waals surface area contributed by atoms with E-state index in [0.29, 0.717) is 9.84 Å². The van der Waals surface area contributed by atoms with E-state index in [1.807, 2.05) is 6.92 Å². The summed E-state index contributed by atoms with van der Waals surface area (Å²) in [5.74, 6) is 0.287. The first-order valence-electron chi connectivity index (χ1n) is 5.38. The van der Waals surface area contributed by atoms with E-state index in [2.05, 4.69) is 36.4 Å². The first-order valence-corrected chi connectivity index (χ1v) is 6.63. The van der Waals surface area contributed by atoms with Crippen molar-refractivity contribution in [1.82, 2.24) is 0 Å². The predicted molar refractivity (Wildman–Crippen MR) is 67.2 cm³/mol. The Bertz CT molecular complexity index is 230. The molecule has 3 nitrogen and oxygen atoms in total. The van der Waals surface area contributed by atoms with Gasteiger partial charge in [-0.2, -0.15) is 0 Å². The zero-order valence-corrected chi connectivity index (χ0v) is 11.9. The van der Waals surface area contributed by atoms with Gasteiger partial charge in [0.2, 0.25) is 0 Å². The first-order chi connectivity index (χ1) is 6.91. The lowest BCUT2D eigenvalue weighted by Crippen LogP contribution is -2.47. The number of rotatable bonds is 2. The number of ether oxygens (including phenoxy) is 2. The fourth-order valence-corrected chi connectivity index (χ4v) is 3.40. The molecule has 1 aliphatic heterocycles. The summed E-state index contributed by atoms with van der Waals surface area (Å²) < 4.78 is 11.5. The van der Waals surface area contributed by atoms with E-state index < -0.39 is 0 Å². The summed E-state index contributed by atoms with van der Waals surface area (Å²) in [6, 6.07) is 0. The summed E-state index contributed by atoms with van der Waals surface area (Å²) in [7, 11) is 0. The number of carbonyl (C=O) groups excluding carboxylic acids is 1. The van der Waals surface area contributed by atoms with Crippen LogP contribution >= 0.6 is 22.6 Å². The monoisotopic (exact) mass is 326 g/mol. The van der Waals surface area contributed by atoms with Crippen LogP contribution in [-0.2, 0) is 14.3 Å². The molecule has 1 fully saturated rings. The van der Waals surface area contributed by atoms with Gasteiger partial charge in [0.25, 0.3) is 0 Å². The van der Waals surface area contributed by atoms with Crippen LogP contribution in [0.4, 0.5) is 0 Å². The Morgan fingerprint density at radius 3 is 2.60 bits per heavy atom. The minimum absolute atomic E-state index is 0.00677. The van der Waals surface area contributed by atoms with Gasteiger partial charge in [0.15, 0.2) is 0 Å². The van der Waals surface area contributed by atoms with Crippen LogP contribution in [0.3, 0.4) is 0 Å². The molecule has 0 aliphatic carbocycles. The molecule has 1 aliphatic rings. The molecule has 0 saturated carbocycles.